The van der Waals surface area contributed by atoms with E-state index in [0.29, 0.717) is 6.61 Å². The Balaban J connectivity index is 2.28. The molecular weight excluding hydrogens is 338 g/mol. The molecule has 108 valence electrons. The highest BCUT2D eigenvalue weighted by molar-refractivity contribution is 9.10. The molecule has 0 saturated carbocycles. The van der Waals surface area contributed by atoms with Crippen molar-refractivity contribution in [3.8, 4) is 0 Å². The summed E-state index contributed by atoms with van der Waals surface area (Å²) in [5, 5.41) is 5.40. The highest BCUT2D eigenvalue weighted by atomic mass is 79.9. The number of thiophene rings is 1. The fraction of sp³-hybridized carbons (Fsp3) is 0.429. The number of nitrogens with one attached hydrogen (secondary N) is 1. The van der Waals surface area contributed by atoms with Gasteiger partial charge in [0.05, 0.1) is 16.8 Å². The maximum Gasteiger partial charge on any atom is 0.144 e. The second-order valence-corrected chi connectivity index (χ2v) is 6.19. The zero-order valence-electron chi connectivity index (χ0n) is 11.6. The van der Waals surface area contributed by atoms with Crippen molar-refractivity contribution < 1.29 is 4.74 Å². The van der Waals surface area contributed by atoms with Crippen LogP contribution in [-0.4, -0.2) is 23.6 Å². The van der Waals surface area contributed by atoms with E-state index in [-0.39, 0.29) is 0 Å². The lowest BCUT2D eigenvalue weighted by Crippen LogP contribution is -2.09. The summed E-state index contributed by atoms with van der Waals surface area (Å²) in [6.07, 6.45) is 1.80. The summed E-state index contributed by atoms with van der Waals surface area (Å²) >= 11 is 5.28. The molecule has 0 radical (unpaired) electrons. The Hall–Kier alpha value is -0.980. The quantitative estimate of drug-likeness (QED) is 0.818. The first-order valence-corrected chi connectivity index (χ1v) is 8.22. The third-order valence-corrected chi connectivity index (χ3v) is 4.41. The number of anilines is 1. The number of hydrogen-bond acceptors (Lipinski definition) is 5. The summed E-state index contributed by atoms with van der Waals surface area (Å²) in [6, 6.07) is 4.15. The molecule has 0 atom stereocenters. The van der Waals surface area contributed by atoms with E-state index in [2.05, 4.69) is 49.6 Å². The third-order valence-electron chi connectivity index (χ3n) is 2.70. The van der Waals surface area contributed by atoms with Crippen molar-refractivity contribution in [2.45, 2.75) is 26.4 Å². The van der Waals surface area contributed by atoms with Crippen molar-refractivity contribution >= 4 is 33.1 Å². The van der Waals surface area contributed by atoms with Gasteiger partial charge in [-0.05, 0) is 33.8 Å². The van der Waals surface area contributed by atoms with E-state index in [0.717, 1.165) is 41.2 Å². The molecular formula is C14H18BrN3OS. The van der Waals surface area contributed by atoms with Gasteiger partial charge in [0, 0.05) is 25.0 Å². The summed E-state index contributed by atoms with van der Waals surface area (Å²) in [5.41, 5.74) is 0.882. The number of aromatic nitrogens is 2. The van der Waals surface area contributed by atoms with Crippen LogP contribution in [0.4, 0.5) is 5.82 Å². The number of nitrogens with zero attached hydrogens (tertiary/aromatic N) is 2. The number of hydrogen-bond donors (Lipinski definition) is 1. The molecule has 2 rings (SSSR count). The predicted molar refractivity (Wildman–Crippen MR) is 86.4 cm³/mol. The molecule has 0 aromatic carbocycles. The van der Waals surface area contributed by atoms with Crippen LogP contribution in [-0.2, 0) is 17.8 Å². The average molecular weight is 356 g/mol. The normalized spacial score (nSPS) is 10.8. The lowest BCUT2D eigenvalue weighted by atomic mass is 10.3. The molecule has 0 amide bonds. The van der Waals surface area contributed by atoms with E-state index in [1.165, 1.54) is 4.88 Å². The Kier molecular flexibility index (Phi) is 5.94. The third kappa shape index (κ3) is 4.01. The lowest BCUT2D eigenvalue weighted by molar-refractivity contribution is 0.180. The molecule has 2 aromatic heterocycles. The van der Waals surface area contributed by atoms with Crippen LogP contribution in [0.3, 0.4) is 0 Å². The maximum absolute atomic E-state index is 5.21. The highest BCUT2D eigenvalue weighted by Gasteiger charge is 2.12. The lowest BCUT2D eigenvalue weighted by Gasteiger charge is -2.12. The summed E-state index contributed by atoms with van der Waals surface area (Å²) in [6.45, 7) is 3.49. The van der Waals surface area contributed by atoms with Crippen molar-refractivity contribution in [1.29, 1.82) is 0 Å². The Morgan fingerprint density at radius 3 is 2.90 bits per heavy atom. The molecule has 0 aliphatic rings. The first-order valence-electron chi connectivity index (χ1n) is 6.55. The Morgan fingerprint density at radius 1 is 1.40 bits per heavy atom. The topological polar surface area (TPSA) is 47.0 Å². The minimum Gasteiger partial charge on any atom is -0.378 e. The van der Waals surface area contributed by atoms with Crippen LogP contribution in [0.5, 0.6) is 0 Å². The van der Waals surface area contributed by atoms with Gasteiger partial charge in [0.25, 0.3) is 0 Å². The van der Waals surface area contributed by atoms with E-state index in [1.807, 2.05) is 6.07 Å². The second kappa shape index (κ2) is 7.71. The molecule has 0 aliphatic carbocycles. The molecule has 2 aromatic rings. The number of methoxy groups -OCH3 is 1. The minimum atomic E-state index is 0.474. The van der Waals surface area contributed by atoms with Crippen molar-refractivity contribution in [2.75, 3.05) is 19.0 Å². The summed E-state index contributed by atoms with van der Waals surface area (Å²) in [5.74, 6) is 1.67. The SMILES string of the molecule is CCCNc1nc(Cc2cccs2)nc(COC)c1Br. The van der Waals surface area contributed by atoms with Crippen LogP contribution in [0.15, 0.2) is 22.0 Å². The van der Waals surface area contributed by atoms with E-state index in [1.54, 1.807) is 18.4 Å². The smallest absolute Gasteiger partial charge is 0.144 e. The monoisotopic (exact) mass is 355 g/mol. The van der Waals surface area contributed by atoms with E-state index in [9.17, 15) is 0 Å². The number of ether oxygens (including phenoxy) is 1. The molecule has 20 heavy (non-hydrogen) atoms. The van der Waals surface area contributed by atoms with Gasteiger partial charge in [0.15, 0.2) is 0 Å². The highest BCUT2D eigenvalue weighted by Crippen LogP contribution is 2.25. The van der Waals surface area contributed by atoms with E-state index in [4.69, 9.17) is 4.74 Å². The van der Waals surface area contributed by atoms with Crippen molar-refractivity contribution in [2.24, 2.45) is 0 Å². The molecule has 4 nitrogen and oxygen atoms in total. The van der Waals surface area contributed by atoms with Gasteiger partial charge >= 0.3 is 0 Å². The summed E-state index contributed by atoms with van der Waals surface area (Å²) < 4.78 is 6.10. The van der Waals surface area contributed by atoms with Crippen LogP contribution in [0.2, 0.25) is 0 Å². The largest absolute Gasteiger partial charge is 0.378 e. The summed E-state index contributed by atoms with van der Waals surface area (Å²) in [4.78, 5) is 10.5. The van der Waals surface area contributed by atoms with Crippen molar-refractivity contribution in [1.82, 2.24) is 9.97 Å². The zero-order chi connectivity index (χ0) is 14.4. The zero-order valence-corrected chi connectivity index (χ0v) is 14.1. The van der Waals surface area contributed by atoms with Crippen LogP contribution in [0, 0.1) is 0 Å². The van der Waals surface area contributed by atoms with Crippen molar-refractivity contribution in [3.05, 3.63) is 38.4 Å². The molecule has 6 heteroatoms. The Labute approximate surface area is 131 Å². The van der Waals surface area contributed by atoms with Crippen LogP contribution in [0.1, 0.15) is 29.7 Å². The molecule has 0 bridgehead atoms. The standard InChI is InChI=1S/C14H18BrN3OS/c1-3-6-16-14-13(15)11(9-19-2)17-12(18-14)8-10-5-4-7-20-10/h4-5,7H,3,6,8-9H2,1-2H3,(H,16,17,18). The fourth-order valence-corrected chi connectivity index (χ4v) is 2.92. The molecule has 0 unspecified atom stereocenters. The van der Waals surface area contributed by atoms with Gasteiger partial charge in [-0.2, -0.15) is 0 Å². The molecule has 2 heterocycles. The van der Waals surface area contributed by atoms with Crippen molar-refractivity contribution in [3.63, 3.8) is 0 Å². The number of rotatable bonds is 7. The minimum absolute atomic E-state index is 0.474. The van der Waals surface area contributed by atoms with Gasteiger partial charge in [-0.15, -0.1) is 11.3 Å². The van der Waals surface area contributed by atoms with Gasteiger partial charge in [0.1, 0.15) is 11.6 Å². The molecule has 1 N–H and O–H groups in total. The molecule has 0 aliphatic heterocycles. The van der Waals surface area contributed by atoms with Gasteiger partial charge in [-0.3, -0.25) is 0 Å². The maximum atomic E-state index is 5.21. The van der Waals surface area contributed by atoms with Gasteiger partial charge < -0.3 is 10.1 Å². The predicted octanol–water partition coefficient (Wildman–Crippen LogP) is 3.86. The average Bonchev–Trinajstić information content (AvgIpc) is 2.94. The first kappa shape index (κ1) is 15.4. The van der Waals surface area contributed by atoms with Gasteiger partial charge in [-0.25, -0.2) is 9.97 Å². The molecule has 0 saturated heterocycles. The van der Waals surface area contributed by atoms with Crippen LogP contribution in [0.25, 0.3) is 0 Å². The molecule has 0 fully saturated rings. The Bertz CT molecular complexity index is 546. The van der Waals surface area contributed by atoms with Gasteiger partial charge in [-0.1, -0.05) is 13.0 Å². The summed E-state index contributed by atoms with van der Waals surface area (Å²) in [7, 11) is 1.67. The second-order valence-electron chi connectivity index (χ2n) is 4.37. The van der Waals surface area contributed by atoms with Gasteiger partial charge in [0.2, 0.25) is 0 Å². The number of halogens is 1. The van der Waals surface area contributed by atoms with E-state index >= 15 is 0 Å². The molecule has 0 spiro atoms. The first-order chi connectivity index (χ1) is 9.74. The van der Waals surface area contributed by atoms with Crippen LogP contribution >= 0.6 is 27.3 Å². The Morgan fingerprint density at radius 2 is 2.25 bits per heavy atom. The van der Waals surface area contributed by atoms with E-state index < -0.39 is 0 Å². The van der Waals surface area contributed by atoms with Crippen LogP contribution < -0.4 is 5.32 Å². The fourth-order valence-electron chi connectivity index (χ4n) is 1.79.